The van der Waals surface area contributed by atoms with Gasteiger partial charge in [0.2, 0.25) is 6.29 Å². The molecule has 0 saturated carbocycles. The number of nitrogens with one attached hydrogen (secondary N) is 1. The molecule has 21 nitrogen and oxygen atoms in total. The van der Waals surface area contributed by atoms with E-state index in [-0.39, 0.29) is 47.3 Å². The molecule has 3 saturated heterocycles. The van der Waals surface area contributed by atoms with Gasteiger partial charge in [0.15, 0.2) is 42.1 Å². The first-order valence-corrected chi connectivity index (χ1v) is 34.1. The molecule has 0 aromatic carbocycles. The molecule has 67 heavy (non-hydrogen) atoms. The molecule has 6 rings (SSSR count). The van der Waals surface area contributed by atoms with Crippen LogP contribution in [0.1, 0.15) is 84.9 Å². The van der Waals surface area contributed by atoms with Crippen molar-refractivity contribution in [1.82, 2.24) is 35.2 Å². The van der Waals surface area contributed by atoms with Crippen molar-refractivity contribution < 1.29 is 66.2 Å². The van der Waals surface area contributed by atoms with Crippen molar-refractivity contribution in [3.63, 3.8) is 0 Å². The molecule has 0 aliphatic carbocycles. The number of aromatic amines is 1. The van der Waals surface area contributed by atoms with Crippen LogP contribution >= 0.6 is 35.7 Å². The van der Waals surface area contributed by atoms with E-state index >= 15 is 0 Å². The van der Waals surface area contributed by atoms with Crippen LogP contribution in [0.5, 0.6) is 0 Å². The van der Waals surface area contributed by atoms with Crippen LogP contribution in [0.15, 0.2) is 33.0 Å². The Labute approximate surface area is 400 Å². The molecule has 10 unspecified atom stereocenters. The fraction of sp³-hybridized carbons (Fsp3) is 0.605. The van der Waals surface area contributed by atoms with Crippen LogP contribution in [0.2, 0.25) is 0 Å². The third-order valence-electron chi connectivity index (χ3n) is 9.79. The van der Waals surface area contributed by atoms with Gasteiger partial charge in [-0.15, -0.1) is 0 Å². The minimum atomic E-state index is -3.29. The third kappa shape index (κ3) is 19.1. The van der Waals surface area contributed by atoms with E-state index in [0.717, 1.165) is 27.7 Å². The average molecular weight is 1150 g/mol. The summed E-state index contributed by atoms with van der Waals surface area (Å²) >= 11 is -3.29. The Bertz CT molecular complexity index is 2330. The normalized spacial score (nSPS) is 27.2. The Morgan fingerprint density at radius 1 is 0.672 bits per heavy atom. The molecule has 3 aliphatic heterocycles. The molecule has 29 heteroatoms. The van der Waals surface area contributed by atoms with Gasteiger partial charge in [-0.1, -0.05) is 13.8 Å². The molecule has 3 aromatic rings. The van der Waals surface area contributed by atoms with Gasteiger partial charge in [0.05, 0.1) is 41.6 Å². The molecule has 0 amide bonds. The first-order chi connectivity index (χ1) is 30.3. The maximum absolute atomic E-state index is 13.6. The molecule has 0 bridgehead atoms. The van der Waals surface area contributed by atoms with Crippen LogP contribution in [0.3, 0.4) is 0 Å². The number of aromatic nitrogens is 6. The van der Waals surface area contributed by atoms with Crippen molar-refractivity contribution in [2.24, 2.45) is 11.8 Å². The topological polar surface area (TPSA) is 298 Å². The standard InChI is InChI=1S/C13H17FN2O4.C10H13FN2O4.C10H16O5.C5H5FN2O.4ClH.H3N.Sn/c1-6-8(3)19-12(11(6)20-9(4)17)16-5-10(14)7(2)15-13(16)18;1-4-6(11)3-13(10(16)12-4)9-8(15)7(14)5(2)17-9;1-5-6(2)13-10(15-8(4)12)9(5)14-7(3)11;1-3-4(6)2-7-5(9)8-3;;;;;;/h5-6,8,11-12H,1-4H3;3,5,7-9,14-15H,1-2H3;5-6,9-10H,1-4H3;2H,1H3,(H,7,8,9);4*1H;1H3;/q;;;;;;;;;+4/p-4/t6?,8?,11?,12-;5?,7?,8?,9-;;;;;;;;/m11......../s1. The predicted molar refractivity (Wildman–Crippen MR) is 237 cm³/mol. The van der Waals surface area contributed by atoms with E-state index in [1.54, 1.807) is 6.92 Å². The number of H-pyrrole nitrogens is 1. The first kappa shape index (κ1) is 61.6. The molecule has 378 valence electrons. The van der Waals surface area contributed by atoms with Crippen molar-refractivity contribution in [3.8, 4) is 0 Å². The number of halogens is 7. The summed E-state index contributed by atoms with van der Waals surface area (Å²) in [4.78, 5) is 79.0. The molecule has 12 atom stereocenters. The maximum atomic E-state index is 13.6. The number of carbonyl (C=O) groups is 3. The second-order valence-corrected chi connectivity index (χ2v) is 40.4. The monoisotopic (exact) mass is 1150 g/mol. The van der Waals surface area contributed by atoms with Crippen molar-refractivity contribution in [2.45, 2.75) is 138 Å². The third-order valence-corrected chi connectivity index (χ3v) is 9.79. The van der Waals surface area contributed by atoms with Gasteiger partial charge in [0.25, 0.3) is 0 Å². The van der Waals surface area contributed by atoms with Gasteiger partial charge in [-0.3, -0.25) is 23.5 Å². The predicted octanol–water partition coefficient (Wildman–Crippen LogP) is 4.12. The quantitative estimate of drug-likeness (QED) is 0.159. The van der Waals surface area contributed by atoms with E-state index in [1.807, 2.05) is 27.7 Å². The second-order valence-electron chi connectivity index (χ2n) is 14.9. The molecule has 0 spiro atoms. The van der Waals surface area contributed by atoms with Crippen molar-refractivity contribution in [1.29, 1.82) is 0 Å². The van der Waals surface area contributed by atoms with Crippen LogP contribution in [0, 0.1) is 50.1 Å². The number of aliphatic hydroxyl groups is 2. The van der Waals surface area contributed by atoms with Gasteiger partial charge in [-0.05, 0) is 41.5 Å². The van der Waals surface area contributed by atoms with E-state index in [4.69, 9.17) is 64.1 Å². The molecule has 0 radical (unpaired) electrons. The van der Waals surface area contributed by atoms with Crippen LogP contribution in [0.4, 0.5) is 13.2 Å². The number of aliphatic hydroxyl groups excluding tert-OH is 2. The van der Waals surface area contributed by atoms with E-state index < -0.39 is 116 Å². The van der Waals surface area contributed by atoms with Crippen molar-refractivity contribution >= 4 is 67.5 Å². The van der Waals surface area contributed by atoms with Gasteiger partial charge in [-0.25, -0.2) is 27.6 Å². The van der Waals surface area contributed by atoms with Gasteiger partial charge in [0.1, 0.15) is 12.2 Å². The SMILES string of the molecule is CC(=O)OC1C(C)C(C)O[C@H]1n1cc(F)c(C)nc1=O.CC(=O)OC1OC(C)C(C)C1OC(C)=O.Cc1[nH]c(=O)ncc1F.Cc1nc(=O)n([C@@H]2OC(C)C(O)C2O)cc1F.N.[Cl][Sn]([Cl])([Cl])[Cl]. The van der Waals surface area contributed by atoms with Gasteiger partial charge in [-0.2, -0.15) is 15.0 Å². The summed E-state index contributed by atoms with van der Waals surface area (Å²) in [5, 5.41) is 19.2. The van der Waals surface area contributed by atoms with E-state index in [2.05, 4.69) is 19.9 Å². The van der Waals surface area contributed by atoms with Gasteiger partial charge < -0.3 is 49.8 Å². The zero-order valence-electron chi connectivity index (χ0n) is 38.0. The summed E-state index contributed by atoms with van der Waals surface area (Å²) in [6, 6.07) is 0. The molecule has 3 aromatic heterocycles. The van der Waals surface area contributed by atoms with Crippen LogP contribution in [-0.2, 0) is 42.8 Å². The van der Waals surface area contributed by atoms with Crippen LogP contribution in [-0.4, -0.2) is 120 Å². The molecule has 3 fully saturated rings. The average Bonchev–Trinajstić information content (AvgIpc) is 3.72. The number of hydrogen-bond acceptors (Lipinski definition) is 18. The first-order valence-electron chi connectivity index (χ1n) is 19.7. The van der Waals surface area contributed by atoms with Crippen molar-refractivity contribution in [3.05, 3.63) is 84.6 Å². The number of aryl methyl sites for hydroxylation is 3. The molecule has 6 N–H and O–H groups in total. The zero-order chi connectivity index (χ0) is 50.7. The van der Waals surface area contributed by atoms with E-state index in [9.17, 15) is 52.2 Å². The molecular weight excluding hydrogens is 1100 g/mol. The van der Waals surface area contributed by atoms with E-state index in [1.165, 1.54) is 41.5 Å². The molecular formula is C38H54Cl4F3N7O14Sn. The second kappa shape index (κ2) is 27.1. The number of ether oxygens (including phenoxy) is 6. The van der Waals surface area contributed by atoms with Gasteiger partial charge >= 0.3 is 84.5 Å². The van der Waals surface area contributed by atoms with Crippen LogP contribution in [0.25, 0.3) is 0 Å². The number of hydrogen-bond donors (Lipinski definition) is 4. The number of rotatable bonds is 5. The Hall–Kier alpha value is -3.44. The fourth-order valence-electron chi connectivity index (χ4n) is 6.01. The van der Waals surface area contributed by atoms with Crippen molar-refractivity contribution in [2.75, 3.05) is 0 Å². The van der Waals surface area contributed by atoms with Gasteiger partial charge in [0, 0.05) is 45.0 Å². The Balaban J connectivity index is 0.000000441. The number of carbonyl (C=O) groups excluding carboxylic acids is 3. The molecule has 6 heterocycles. The molecule has 3 aliphatic rings. The summed E-state index contributed by atoms with van der Waals surface area (Å²) in [6.07, 6.45) is -4.42. The fourth-order valence-corrected chi connectivity index (χ4v) is 6.01. The Morgan fingerprint density at radius 3 is 1.48 bits per heavy atom. The summed E-state index contributed by atoms with van der Waals surface area (Å²) in [5.74, 6) is -3.19. The number of nitrogens with zero attached hydrogens (tertiary/aromatic N) is 5. The zero-order valence-corrected chi connectivity index (χ0v) is 43.9. The minimum absolute atomic E-state index is 0. The Kier molecular flexibility index (Phi) is 24.9. The summed E-state index contributed by atoms with van der Waals surface area (Å²) < 4.78 is 72.5. The Morgan fingerprint density at radius 2 is 1.07 bits per heavy atom. The summed E-state index contributed by atoms with van der Waals surface area (Å²) in [7, 11) is 20.1. The summed E-state index contributed by atoms with van der Waals surface area (Å²) in [5.41, 5.74) is -1.66. The van der Waals surface area contributed by atoms with E-state index in [0.29, 0.717) is 0 Å². The number of esters is 3. The summed E-state index contributed by atoms with van der Waals surface area (Å²) in [6.45, 7) is 17.1. The van der Waals surface area contributed by atoms with Crippen LogP contribution < -0.4 is 23.2 Å².